The van der Waals surface area contributed by atoms with E-state index in [1.54, 1.807) is 13.2 Å². The van der Waals surface area contributed by atoms with Crippen molar-refractivity contribution in [2.45, 2.75) is 89.9 Å². The molecule has 3 rings (SSSR count). The summed E-state index contributed by atoms with van der Waals surface area (Å²) in [6.07, 6.45) is 14.2. The zero-order valence-electron chi connectivity index (χ0n) is 18.2. The number of allylic oxidation sites excluding steroid dienone is 2. The molecule has 0 atom stereocenters. The van der Waals surface area contributed by atoms with E-state index in [-0.39, 0.29) is 6.42 Å². The molecule has 2 saturated carbocycles. The van der Waals surface area contributed by atoms with Gasteiger partial charge in [-0.25, -0.2) is 8.78 Å². The fourth-order valence-corrected chi connectivity index (χ4v) is 5.68. The van der Waals surface area contributed by atoms with Crippen LogP contribution in [0, 0.1) is 24.7 Å². The summed E-state index contributed by atoms with van der Waals surface area (Å²) in [6, 6.07) is 6.52. The molecule has 0 aliphatic heterocycles. The number of methoxy groups -OCH3 is 1. The van der Waals surface area contributed by atoms with Crippen molar-refractivity contribution in [3.05, 3.63) is 41.5 Å². The van der Waals surface area contributed by atoms with Crippen LogP contribution >= 0.6 is 0 Å². The van der Waals surface area contributed by atoms with Gasteiger partial charge in [0, 0.05) is 6.42 Å². The van der Waals surface area contributed by atoms with Crippen molar-refractivity contribution >= 4 is 0 Å². The Balaban J connectivity index is 1.39. The van der Waals surface area contributed by atoms with Crippen LogP contribution < -0.4 is 4.74 Å². The number of hydrogen-bond acceptors (Lipinski definition) is 1. The summed E-state index contributed by atoms with van der Waals surface area (Å²) >= 11 is 0. The number of rotatable bonds is 8. The Labute approximate surface area is 175 Å². The molecule has 2 aliphatic carbocycles. The topological polar surface area (TPSA) is 9.23 Å². The molecule has 0 spiro atoms. The van der Waals surface area contributed by atoms with E-state index >= 15 is 0 Å². The third-order valence-electron chi connectivity index (χ3n) is 7.48. The quantitative estimate of drug-likeness (QED) is 0.398. The molecule has 29 heavy (non-hydrogen) atoms. The number of alkyl halides is 2. The lowest BCUT2D eigenvalue weighted by molar-refractivity contribution is 0.152. The summed E-state index contributed by atoms with van der Waals surface area (Å²) in [4.78, 5) is 0. The number of benzene rings is 1. The average Bonchev–Trinajstić information content (AvgIpc) is 2.74. The van der Waals surface area contributed by atoms with E-state index in [9.17, 15) is 8.78 Å². The minimum atomic E-state index is -2.20. The van der Waals surface area contributed by atoms with Crippen LogP contribution in [0.2, 0.25) is 0 Å². The van der Waals surface area contributed by atoms with Crippen molar-refractivity contribution in [2.24, 2.45) is 17.8 Å². The SMILES string of the molecule is COc1ccc(C)c(C2CCC(C3CCC(CCC=CCC(F)F)CC3)CC2)c1. The molecule has 3 heteroatoms. The lowest BCUT2D eigenvalue weighted by Crippen LogP contribution is -2.25. The maximum Gasteiger partial charge on any atom is 0.242 e. The molecule has 0 amide bonds. The lowest BCUT2D eigenvalue weighted by atomic mass is 9.67. The van der Waals surface area contributed by atoms with Gasteiger partial charge in [-0.15, -0.1) is 0 Å². The van der Waals surface area contributed by atoms with Crippen molar-refractivity contribution in [1.82, 2.24) is 0 Å². The first-order chi connectivity index (χ1) is 14.1. The van der Waals surface area contributed by atoms with E-state index in [4.69, 9.17) is 4.74 Å². The Morgan fingerprint density at radius 3 is 2.24 bits per heavy atom. The number of hydrogen-bond donors (Lipinski definition) is 0. The highest BCUT2D eigenvalue weighted by atomic mass is 19.3. The first-order valence-corrected chi connectivity index (χ1v) is 11.6. The molecule has 1 aromatic rings. The third kappa shape index (κ3) is 6.55. The highest BCUT2D eigenvalue weighted by Gasteiger charge is 2.31. The molecule has 0 radical (unpaired) electrons. The second-order valence-corrected chi connectivity index (χ2v) is 9.29. The zero-order chi connectivity index (χ0) is 20.6. The van der Waals surface area contributed by atoms with Crippen molar-refractivity contribution < 1.29 is 13.5 Å². The molecule has 0 aromatic heterocycles. The largest absolute Gasteiger partial charge is 0.497 e. The van der Waals surface area contributed by atoms with Gasteiger partial charge in [0.25, 0.3) is 0 Å². The van der Waals surface area contributed by atoms with Crippen molar-refractivity contribution in [2.75, 3.05) is 7.11 Å². The lowest BCUT2D eigenvalue weighted by Gasteiger charge is -2.38. The Morgan fingerprint density at radius 1 is 0.966 bits per heavy atom. The van der Waals surface area contributed by atoms with E-state index < -0.39 is 6.43 Å². The van der Waals surface area contributed by atoms with Gasteiger partial charge in [-0.05, 0) is 105 Å². The van der Waals surface area contributed by atoms with Gasteiger partial charge in [0.15, 0.2) is 0 Å². The predicted octanol–water partition coefficient (Wildman–Crippen LogP) is 8.08. The second kappa shape index (κ2) is 11.1. The van der Waals surface area contributed by atoms with E-state index in [0.717, 1.165) is 29.9 Å². The van der Waals surface area contributed by atoms with Crippen molar-refractivity contribution in [3.63, 3.8) is 0 Å². The van der Waals surface area contributed by atoms with Gasteiger partial charge in [-0.2, -0.15) is 0 Å². The molecule has 162 valence electrons. The van der Waals surface area contributed by atoms with E-state index in [1.165, 1.54) is 68.9 Å². The Kier molecular flexibility index (Phi) is 8.56. The number of ether oxygens (including phenoxy) is 1. The van der Waals surface area contributed by atoms with E-state index in [1.807, 2.05) is 6.08 Å². The molecule has 0 N–H and O–H groups in total. The molecular formula is C26H38F2O. The minimum Gasteiger partial charge on any atom is -0.497 e. The highest BCUT2D eigenvalue weighted by Crippen LogP contribution is 2.45. The third-order valence-corrected chi connectivity index (χ3v) is 7.48. The summed E-state index contributed by atoms with van der Waals surface area (Å²) in [7, 11) is 1.75. The summed E-state index contributed by atoms with van der Waals surface area (Å²) < 4.78 is 29.7. The van der Waals surface area contributed by atoms with Crippen molar-refractivity contribution in [1.29, 1.82) is 0 Å². The molecule has 0 unspecified atom stereocenters. The number of aryl methyl sites for hydroxylation is 1. The van der Waals surface area contributed by atoms with Crippen LogP contribution in [0.25, 0.3) is 0 Å². The summed E-state index contributed by atoms with van der Waals surface area (Å²) in [6.45, 7) is 2.23. The van der Waals surface area contributed by atoms with Gasteiger partial charge in [-0.3, -0.25) is 0 Å². The van der Waals surface area contributed by atoms with Crippen LogP contribution in [0.5, 0.6) is 5.75 Å². The normalized spacial score (nSPS) is 28.2. The van der Waals surface area contributed by atoms with Crippen LogP contribution in [0.15, 0.2) is 30.4 Å². The summed E-state index contributed by atoms with van der Waals surface area (Å²) in [5.74, 6) is 4.29. The second-order valence-electron chi connectivity index (χ2n) is 9.29. The van der Waals surface area contributed by atoms with Gasteiger partial charge in [0.2, 0.25) is 6.43 Å². The predicted molar refractivity (Wildman–Crippen MR) is 117 cm³/mol. The van der Waals surface area contributed by atoms with Crippen LogP contribution in [-0.4, -0.2) is 13.5 Å². The van der Waals surface area contributed by atoms with E-state index in [0.29, 0.717) is 5.92 Å². The standard InChI is InChI=1S/C26H38F2O/c1-19-8-17-24(29-2)18-25(19)23-15-13-22(14-16-23)21-11-9-20(10-12-21)6-4-3-5-7-26(27)28/h3,5,8,17-18,20-23,26H,4,6-7,9-16H2,1-2H3. The van der Waals surface area contributed by atoms with Gasteiger partial charge >= 0.3 is 0 Å². The van der Waals surface area contributed by atoms with Crippen LogP contribution in [-0.2, 0) is 0 Å². The zero-order valence-corrected chi connectivity index (χ0v) is 18.2. The molecular weight excluding hydrogens is 366 g/mol. The Hall–Kier alpha value is -1.38. The Morgan fingerprint density at radius 2 is 1.62 bits per heavy atom. The fraction of sp³-hybridized carbons (Fsp3) is 0.692. The molecule has 1 nitrogen and oxygen atoms in total. The maximum atomic E-state index is 12.2. The average molecular weight is 405 g/mol. The van der Waals surface area contributed by atoms with Gasteiger partial charge in [-0.1, -0.05) is 31.1 Å². The molecule has 2 fully saturated rings. The van der Waals surface area contributed by atoms with Crippen LogP contribution in [0.4, 0.5) is 8.78 Å². The van der Waals surface area contributed by atoms with Gasteiger partial charge < -0.3 is 4.74 Å². The maximum absolute atomic E-state index is 12.2. The Bertz CT molecular complexity index is 638. The van der Waals surface area contributed by atoms with E-state index in [2.05, 4.69) is 25.1 Å². The molecule has 0 heterocycles. The van der Waals surface area contributed by atoms with Gasteiger partial charge in [0.1, 0.15) is 5.75 Å². The molecule has 2 aliphatic rings. The number of halogens is 2. The van der Waals surface area contributed by atoms with Crippen LogP contribution in [0.1, 0.15) is 87.7 Å². The van der Waals surface area contributed by atoms with Crippen molar-refractivity contribution in [3.8, 4) is 5.75 Å². The minimum absolute atomic E-state index is 0.0926. The monoisotopic (exact) mass is 404 g/mol. The summed E-state index contributed by atoms with van der Waals surface area (Å²) in [5.41, 5.74) is 2.89. The molecule has 0 bridgehead atoms. The van der Waals surface area contributed by atoms with Gasteiger partial charge in [0.05, 0.1) is 7.11 Å². The fourth-order valence-electron chi connectivity index (χ4n) is 5.68. The molecule has 0 saturated heterocycles. The first kappa shape index (κ1) is 22.3. The van der Waals surface area contributed by atoms with Crippen LogP contribution in [0.3, 0.4) is 0 Å². The summed E-state index contributed by atoms with van der Waals surface area (Å²) in [5, 5.41) is 0. The highest BCUT2D eigenvalue weighted by molar-refractivity contribution is 5.37. The smallest absolute Gasteiger partial charge is 0.242 e. The molecule has 1 aromatic carbocycles. The first-order valence-electron chi connectivity index (χ1n) is 11.6.